The predicted octanol–water partition coefficient (Wildman–Crippen LogP) is 2.31. The third-order valence-electron chi connectivity index (χ3n) is 3.80. The number of benzene rings is 2. The summed E-state index contributed by atoms with van der Waals surface area (Å²) >= 11 is 0. The first kappa shape index (κ1) is 11.7. The van der Waals surface area contributed by atoms with Gasteiger partial charge in [0.15, 0.2) is 0 Å². The number of methoxy groups -OCH3 is 1. The van der Waals surface area contributed by atoms with E-state index in [1.165, 1.54) is 22.9 Å². The molecule has 2 aromatic rings. The van der Waals surface area contributed by atoms with E-state index in [4.69, 9.17) is 9.47 Å². The molecule has 1 saturated heterocycles. The van der Waals surface area contributed by atoms with E-state index in [1.54, 1.807) is 12.3 Å². The third kappa shape index (κ3) is 2.04. The molecule has 0 unspecified atom stereocenters. The first-order valence-electron chi connectivity index (χ1n) is 6.53. The molecule has 18 heavy (non-hydrogen) atoms. The Morgan fingerprint density at radius 2 is 1.72 bits per heavy atom. The molecule has 0 atom stereocenters. The normalized spacial score (nSPS) is 16.9. The molecule has 0 bridgehead atoms. The molecule has 0 aromatic heterocycles. The predicted molar refractivity (Wildman–Crippen MR) is 77.7 cm³/mol. The molecule has 2 nitrogen and oxygen atoms in total. The van der Waals surface area contributed by atoms with Crippen LogP contribution in [-0.4, -0.2) is 29.1 Å². The van der Waals surface area contributed by atoms with Crippen LogP contribution in [0.25, 0.3) is 10.8 Å². The molecule has 94 valence electrons. The van der Waals surface area contributed by atoms with Crippen molar-refractivity contribution < 1.29 is 9.47 Å². The Kier molecular flexibility index (Phi) is 3.34. The summed E-state index contributed by atoms with van der Waals surface area (Å²) in [4.78, 5) is 0. The number of rotatable bonds is 2. The van der Waals surface area contributed by atoms with Crippen LogP contribution in [0.4, 0.5) is 0 Å². The van der Waals surface area contributed by atoms with Crippen molar-refractivity contribution in [1.29, 1.82) is 0 Å². The van der Waals surface area contributed by atoms with Crippen LogP contribution in [0.3, 0.4) is 0 Å². The van der Waals surface area contributed by atoms with Gasteiger partial charge in [-0.3, -0.25) is 0 Å². The summed E-state index contributed by atoms with van der Waals surface area (Å²) in [6.45, 7) is 1.88. The van der Waals surface area contributed by atoms with Gasteiger partial charge < -0.3 is 9.47 Å². The lowest BCUT2D eigenvalue weighted by Crippen LogP contribution is -2.36. The Morgan fingerprint density at radius 1 is 1.00 bits per heavy atom. The van der Waals surface area contributed by atoms with Crippen LogP contribution in [-0.2, 0) is 4.74 Å². The van der Waals surface area contributed by atoms with Crippen LogP contribution in [0, 0.1) is 0 Å². The summed E-state index contributed by atoms with van der Waals surface area (Å²) in [7, 11) is 0.896. The minimum atomic E-state index is -0.847. The fourth-order valence-corrected chi connectivity index (χ4v) is 5.71. The Hall–Kier alpha value is -1.32. The van der Waals surface area contributed by atoms with Gasteiger partial charge in [0.2, 0.25) is 0 Å². The van der Waals surface area contributed by atoms with Gasteiger partial charge in [0.1, 0.15) is 5.75 Å². The standard InChI is InChI=1S/C15H18O2Si/c1-16-14-6-7-15(18-10-8-17-9-11-18)13-5-3-2-4-12(13)14/h2-7,18H,8-11H2,1H3. The highest BCUT2D eigenvalue weighted by Gasteiger charge is 2.20. The van der Waals surface area contributed by atoms with Crippen LogP contribution < -0.4 is 9.92 Å². The summed E-state index contributed by atoms with van der Waals surface area (Å²) in [5.74, 6) is 0.982. The topological polar surface area (TPSA) is 18.5 Å². The van der Waals surface area contributed by atoms with Crippen LogP contribution in [0.5, 0.6) is 5.75 Å². The van der Waals surface area contributed by atoms with Gasteiger partial charge in [0.05, 0.1) is 15.9 Å². The molecule has 1 fully saturated rings. The molecule has 0 amide bonds. The van der Waals surface area contributed by atoms with Gasteiger partial charge >= 0.3 is 0 Å². The van der Waals surface area contributed by atoms with Gasteiger partial charge in [0, 0.05) is 18.6 Å². The highest BCUT2D eigenvalue weighted by atomic mass is 28.3. The van der Waals surface area contributed by atoms with Crippen LogP contribution in [0.1, 0.15) is 0 Å². The van der Waals surface area contributed by atoms with Crippen molar-refractivity contribution in [3.05, 3.63) is 36.4 Å². The maximum atomic E-state index is 5.49. The molecule has 1 heterocycles. The summed E-state index contributed by atoms with van der Waals surface area (Å²) in [5, 5.41) is 4.21. The van der Waals surface area contributed by atoms with Gasteiger partial charge in [-0.25, -0.2) is 0 Å². The van der Waals surface area contributed by atoms with Crippen molar-refractivity contribution in [2.75, 3.05) is 20.3 Å². The molecule has 3 heteroatoms. The molecule has 2 aromatic carbocycles. The van der Waals surface area contributed by atoms with E-state index in [-0.39, 0.29) is 0 Å². The summed E-state index contributed by atoms with van der Waals surface area (Å²) in [6.07, 6.45) is 0. The van der Waals surface area contributed by atoms with Crippen molar-refractivity contribution in [3.8, 4) is 5.75 Å². The second kappa shape index (κ2) is 5.12. The van der Waals surface area contributed by atoms with Crippen LogP contribution in [0.2, 0.25) is 12.1 Å². The van der Waals surface area contributed by atoms with E-state index < -0.39 is 8.80 Å². The lowest BCUT2D eigenvalue weighted by Gasteiger charge is -2.23. The molecule has 0 aliphatic carbocycles. The van der Waals surface area contributed by atoms with Gasteiger partial charge in [-0.15, -0.1) is 0 Å². The van der Waals surface area contributed by atoms with Crippen molar-refractivity contribution in [3.63, 3.8) is 0 Å². The monoisotopic (exact) mass is 258 g/mol. The number of hydrogen-bond acceptors (Lipinski definition) is 2. The highest BCUT2D eigenvalue weighted by molar-refractivity contribution is 6.75. The highest BCUT2D eigenvalue weighted by Crippen LogP contribution is 2.25. The zero-order chi connectivity index (χ0) is 12.4. The molecule has 0 N–H and O–H groups in total. The minimum absolute atomic E-state index is 0.847. The second-order valence-electron chi connectivity index (χ2n) is 4.79. The fraction of sp³-hybridized carbons (Fsp3) is 0.333. The van der Waals surface area contributed by atoms with Crippen LogP contribution >= 0.6 is 0 Å². The van der Waals surface area contributed by atoms with Gasteiger partial charge in [0.25, 0.3) is 0 Å². The van der Waals surface area contributed by atoms with Crippen LogP contribution in [0.15, 0.2) is 36.4 Å². The molecule has 1 aliphatic heterocycles. The average Bonchev–Trinajstić information content (AvgIpc) is 2.47. The van der Waals surface area contributed by atoms with Gasteiger partial charge in [-0.1, -0.05) is 35.5 Å². The van der Waals surface area contributed by atoms with Crippen molar-refractivity contribution in [2.24, 2.45) is 0 Å². The third-order valence-corrected chi connectivity index (χ3v) is 7.05. The average molecular weight is 258 g/mol. The lowest BCUT2D eigenvalue weighted by atomic mass is 10.1. The van der Waals surface area contributed by atoms with Gasteiger partial charge in [-0.2, -0.15) is 0 Å². The summed E-state index contributed by atoms with van der Waals surface area (Å²) in [6, 6.07) is 15.5. The Labute approximate surface area is 109 Å². The minimum Gasteiger partial charge on any atom is -0.496 e. The fourth-order valence-electron chi connectivity index (χ4n) is 2.84. The lowest BCUT2D eigenvalue weighted by molar-refractivity contribution is 0.151. The van der Waals surface area contributed by atoms with E-state index in [0.717, 1.165) is 19.0 Å². The van der Waals surface area contributed by atoms with E-state index >= 15 is 0 Å². The van der Waals surface area contributed by atoms with E-state index in [1.807, 2.05) is 0 Å². The first-order valence-corrected chi connectivity index (χ1v) is 8.74. The zero-order valence-corrected chi connectivity index (χ0v) is 11.8. The number of fused-ring (bicyclic) bond motifs is 1. The quantitative estimate of drug-likeness (QED) is 0.770. The molecule has 0 saturated carbocycles. The maximum Gasteiger partial charge on any atom is 0.126 e. The van der Waals surface area contributed by atoms with Gasteiger partial charge in [-0.05, 0) is 23.5 Å². The molecular formula is C15H18O2Si. The Bertz CT molecular complexity index is 547. The Balaban J connectivity index is 2.12. The van der Waals surface area contributed by atoms with Crippen molar-refractivity contribution in [2.45, 2.75) is 12.1 Å². The van der Waals surface area contributed by atoms with Crippen molar-refractivity contribution >= 4 is 24.8 Å². The maximum absolute atomic E-state index is 5.49. The van der Waals surface area contributed by atoms with E-state index in [9.17, 15) is 0 Å². The molecular weight excluding hydrogens is 240 g/mol. The Morgan fingerprint density at radius 3 is 2.44 bits per heavy atom. The number of hydrogen-bond donors (Lipinski definition) is 0. The molecule has 1 aliphatic rings. The smallest absolute Gasteiger partial charge is 0.126 e. The summed E-state index contributed by atoms with van der Waals surface area (Å²) < 4.78 is 10.9. The molecule has 0 radical (unpaired) electrons. The summed E-state index contributed by atoms with van der Waals surface area (Å²) in [5.41, 5.74) is 0. The largest absolute Gasteiger partial charge is 0.496 e. The van der Waals surface area contributed by atoms with E-state index in [0.29, 0.717) is 0 Å². The van der Waals surface area contributed by atoms with E-state index in [2.05, 4.69) is 36.4 Å². The van der Waals surface area contributed by atoms with Crippen molar-refractivity contribution in [1.82, 2.24) is 0 Å². The first-order chi connectivity index (χ1) is 8.90. The SMILES string of the molecule is COc1ccc([SiH]2CCOCC2)c2ccccc12. The number of ether oxygens (including phenoxy) is 2. The second-order valence-corrected chi connectivity index (χ2v) is 7.96. The molecule has 0 spiro atoms. The zero-order valence-electron chi connectivity index (χ0n) is 10.7. The molecule has 3 rings (SSSR count).